The summed E-state index contributed by atoms with van der Waals surface area (Å²) >= 11 is 0. The average molecular weight is 281 g/mol. The minimum Gasteiger partial charge on any atom is -0.309 e. The number of hydrogen-bond donors (Lipinski definition) is 1. The Bertz CT molecular complexity index is 677. The molecule has 4 heteroatoms. The Balaban J connectivity index is 1.65. The van der Waals surface area contributed by atoms with E-state index in [4.69, 9.17) is 0 Å². The summed E-state index contributed by atoms with van der Waals surface area (Å²) in [6.45, 7) is 3.86. The van der Waals surface area contributed by atoms with Crippen molar-refractivity contribution in [3.8, 4) is 0 Å². The van der Waals surface area contributed by atoms with E-state index in [1.807, 2.05) is 32.0 Å². The van der Waals surface area contributed by atoms with Crippen LogP contribution in [0.1, 0.15) is 41.1 Å². The maximum absolute atomic E-state index is 12.1. The first-order valence-corrected chi connectivity index (χ1v) is 7.31. The molecule has 1 amide bonds. The molecule has 21 heavy (non-hydrogen) atoms. The number of anilines is 1. The lowest BCUT2D eigenvalue weighted by Gasteiger charge is -2.07. The van der Waals surface area contributed by atoms with E-state index in [0.717, 1.165) is 16.8 Å². The molecule has 0 radical (unpaired) electrons. The largest absolute Gasteiger partial charge is 0.309 e. The van der Waals surface area contributed by atoms with Crippen LogP contribution in [0, 0.1) is 13.8 Å². The van der Waals surface area contributed by atoms with Crippen LogP contribution >= 0.6 is 0 Å². The van der Waals surface area contributed by atoms with Crippen molar-refractivity contribution >= 4 is 11.7 Å². The lowest BCUT2D eigenvalue weighted by molar-refractivity contribution is -0.115. The van der Waals surface area contributed by atoms with E-state index in [2.05, 4.69) is 27.6 Å². The SMILES string of the molecule is Cc1cc(NC(=O)Cc2cccc(C3CC3)c2)nnc1C. The van der Waals surface area contributed by atoms with Crippen molar-refractivity contribution < 1.29 is 4.79 Å². The van der Waals surface area contributed by atoms with Crippen molar-refractivity contribution in [3.05, 3.63) is 52.7 Å². The fourth-order valence-corrected chi connectivity index (χ4v) is 2.35. The Morgan fingerprint density at radius 1 is 1.24 bits per heavy atom. The van der Waals surface area contributed by atoms with Crippen LogP contribution in [0.3, 0.4) is 0 Å². The highest BCUT2D eigenvalue weighted by Crippen LogP contribution is 2.40. The maximum Gasteiger partial charge on any atom is 0.229 e. The molecule has 0 unspecified atom stereocenters. The molecule has 1 aliphatic rings. The summed E-state index contributed by atoms with van der Waals surface area (Å²) in [6, 6.07) is 10.2. The maximum atomic E-state index is 12.1. The summed E-state index contributed by atoms with van der Waals surface area (Å²) in [7, 11) is 0. The van der Waals surface area contributed by atoms with Crippen LogP contribution in [0.2, 0.25) is 0 Å². The van der Waals surface area contributed by atoms with E-state index in [0.29, 0.717) is 18.2 Å². The summed E-state index contributed by atoms with van der Waals surface area (Å²) in [6.07, 6.45) is 2.91. The van der Waals surface area contributed by atoms with Crippen LogP contribution in [0.25, 0.3) is 0 Å². The third kappa shape index (κ3) is 3.45. The number of amides is 1. The monoisotopic (exact) mass is 281 g/mol. The lowest BCUT2D eigenvalue weighted by Crippen LogP contribution is -2.16. The first kappa shape index (κ1) is 13.7. The van der Waals surface area contributed by atoms with Gasteiger partial charge in [0.1, 0.15) is 0 Å². The van der Waals surface area contributed by atoms with Crippen molar-refractivity contribution in [3.63, 3.8) is 0 Å². The number of nitrogens with zero attached hydrogens (tertiary/aromatic N) is 2. The summed E-state index contributed by atoms with van der Waals surface area (Å²) in [4.78, 5) is 12.1. The predicted octanol–water partition coefficient (Wildman–Crippen LogP) is 3.15. The van der Waals surface area contributed by atoms with Gasteiger partial charge in [-0.15, -0.1) is 5.10 Å². The van der Waals surface area contributed by atoms with Gasteiger partial charge in [0.2, 0.25) is 5.91 Å². The molecule has 1 saturated carbocycles. The van der Waals surface area contributed by atoms with Gasteiger partial charge in [-0.25, -0.2) is 0 Å². The fraction of sp³-hybridized carbons (Fsp3) is 0.353. The van der Waals surface area contributed by atoms with Gasteiger partial charge in [-0.3, -0.25) is 4.79 Å². The fourth-order valence-electron chi connectivity index (χ4n) is 2.35. The first-order chi connectivity index (χ1) is 10.1. The molecule has 1 heterocycles. The zero-order valence-corrected chi connectivity index (χ0v) is 12.4. The normalized spacial score (nSPS) is 14.0. The van der Waals surface area contributed by atoms with Crippen molar-refractivity contribution in [2.24, 2.45) is 0 Å². The molecule has 0 bridgehead atoms. The Kier molecular flexibility index (Phi) is 3.69. The number of aromatic nitrogens is 2. The molecule has 108 valence electrons. The molecule has 0 aliphatic heterocycles. The molecule has 1 aromatic carbocycles. The van der Waals surface area contributed by atoms with Crippen LogP contribution < -0.4 is 5.32 Å². The van der Waals surface area contributed by atoms with Crippen LogP contribution in [0.15, 0.2) is 30.3 Å². The van der Waals surface area contributed by atoms with Crippen LogP contribution in [-0.4, -0.2) is 16.1 Å². The lowest BCUT2D eigenvalue weighted by atomic mass is 10.0. The highest BCUT2D eigenvalue weighted by molar-refractivity contribution is 5.91. The number of benzene rings is 1. The van der Waals surface area contributed by atoms with Gasteiger partial charge in [0.05, 0.1) is 12.1 Å². The minimum absolute atomic E-state index is 0.0551. The standard InChI is InChI=1S/C17H19N3O/c1-11-8-16(20-19-12(11)2)18-17(21)10-13-4-3-5-15(9-13)14-6-7-14/h3-5,8-9,14H,6-7,10H2,1-2H3,(H,18,20,21). The number of rotatable bonds is 4. The molecular weight excluding hydrogens is 262 g/mol. The average Bonchev–Trinajstić information content (AvgIpc) is 3.28. The molecule has 0 saturated heterocycles. The van der Waals surface area contributed by atoms with Crippen molar-refractivity contribution in [1.82, 2.24) is 10.2 Å². The molecule has 3 rings (SSSR count). The van der Waals surface area contributed by atoms with E-state index < -0.39 is 0 Å². The van der Waals surface area contributed by atoms with E-state index in [1.54, 1.807) is 0 Å². The molecule has 1 N–H and O–H groups in total. The van der Waals surface area contributed by atoms with Crippen LogP contribution in [0.5, 0.6) is 0 Å². The topological polar surface area (TPSA) is 54.9 Å². The highest BCUT2D eigenvalue weighted by atomic mass is 16.1. The quantitative estimate of drug-likeness (QED) is 0.936. The molecule has 1 fully saturated rings. The molecule has 1 aromatic heterocycles. The second kappa shape index (κ2) is 5.64. The highest BCUT2D eigenvalue weighted by Gasteiger charge is 2.23. The van der Waals surface area contributed by atoms with Gasteiger partial charge < -0.3 is 5.32 Å². The molecule has 0 spiro atoms. The van der Waals surface area contributed by atoms with Gasteiger partial charge >= 0.3 is 0 Å². The first-order valence-electron chi connectivity index (χ1n) is 7.31. The Morgan fingerprint density at radius 2 is 2.05 bits per heavy atom. The third-order valence-electron chi connectivity index (χ3n) is 3.86. The van der Waals surface area contributed by atoms with Gasteiger partial charge in [-0.05, 0) is 55.4 Å². The predicted molar refractivity (Wildman–Crippen MR) is 82.3 cm³/mol. The molecular formula is C17H19N3O. The summed E-state index contributed by atoms with van der Waals surface area (Å²) in [5.41, 5.74) is 4.31. The summed E-state index contributed by atoms with van der Waals surface area (Å²) in [5, 5.41) is 10.8. The number of nitrogens with one attached hydrogen (secondary N) is 1. The number of carbonyl (C=O) groups is 1. The second-order valence-corrected chi connectivity index (χ2v) is 5.74. The van der Waals surface area contributed by atoms with Crippen molar-refractivity contribution in [2.75, 3.05) is 5.32 Å². The van der Waals surface area contributed by atoms with Gasteiger partial charge in [-0.1, -0.05) is 24.3 Å². The van der Waals surface area contributed by atoms with Gasteiger partial charge in [0.25, 0.3) is 0 Å². The molecule has 2 aromatic rings. The Labute approximate surface area is 124 Å². The van der Waals surface area contributed by atoms with E-state index in [1.165, 1.54) is 18.4 Å². The molecule has 1 aliphatic carbocycles. The van der Waals surface area contributed by atoms with Gasteiger partial charge in [0, 0.05) is 0 Å². The van der Waals surface area contributed by atoms with Crippen LogP contribution in [-0.2, 0) is 11.2 Å². The van der Waals surface area contributed by atoms with Gasteiger partial charge in [-0.2, -0.15) is 5.10 Å². The Hall–Kier alpha value is -2.23. The Morgan fingerprint density at radius 3 is 2.76 bits per heavy atom. The molecule has 0 atom stereocenters. The van der Waals surface area contributed by atoms with Gasteiger partial charge in [0.15, 0.2) is 5.82 Å². The van der Waals surface area contributed by atoms with E-state index in [9.17, 15) is 4.79 Å². The van der Waals surface area contributed by atoms with E-state index >= 15 is 0 Å². The van der Waals surface area contributed by atoms with E-state index in [-0.39, 0.29) is 5.91 Å². The molecule has 4 nitrogen and oxygen atoms in total. The summed E-state index contributed by atoms with van der Waals surface area (Å²) in [5.74, 6) is 1.17. The number of carbonyl (C=O) groups excluding carboxylic acids is 1. The third-order valence-corrected chi connectivity index (χ3v) is 3.86. The number of hydrogen-bond acceptors (Lipinski definition) is 3. The number of aryl methyl sites for hydroxylation is 2. The zero-order valence-electron chi connectivity index (χ0n) is 12.4. The van der Waals surface area contributed by atoms with Crippen LogP contribution in [0.4, 0.5) is 5.82 Å². The zero-order chi connectivity index (χ0) is 14.8. The van der Waals surface area contributed by atoms with Crippen molar-refractivity contribution in [2.45, 2.75) is 39.0 Å². The van der Waals surface area contributed by atoms with Crippen molar-refractivity contribution in [1.29, 1.82) is 0 Å². The minimum atomic E-state index is -0.0551. The smallest absolute Gasteiger partial charge is 0.229 e. The second-order valence-electron chi connectivity index (χ2n) is 5.74. The summed E-state index contributed by atoms with van der Waals surface area (Å²) < 4.78 is 0.